The number of hydrogen-bond acceptors (Lipinski definition) is 6. The first kappa shape index (κ1) is 24.2. The second-order valence-corrected chi connectivity index (χ2v) is 8.35. The number of Topliss-reactive ketones (excluding diaryl/α,β-unsaturated/α-hetero) is 1. The molecule has 1 heterocycles. The minimum absolute atomic E-state index is 0.121. The average Bonchev–Trinajstić information content (AvgIpc) is 3.25. The molecule has 0 fully saturated rings. The van der Waals surface area contributed by atoms with E-state index in [1.165, 1.54) is 6.92 Å². The number of methoxy groups -OCH3 is 1. The van der Waals surface area contributed by atoms with Crippen LogP contribution in [0.2, 0.25) is 0 Å². The molecule has 0 atom stereocenters. The van der Waals surface area contributed by atoms with E-state index in [4.69, 9.17) is 19.6 Å². The number of benzene rings is 3. The topological polar surface area (TPSA) is 112 Å². The van der Waals surface area contributed by atoms with Gasteiger partial charge in [-0.3, -0.25) is 9.59 Å². The molecule has 0 saturated heterocycles. The average molecular weight is 474 g/mol. The van der Waals surface area contributed by atoms with Crippen molar-refractivity contribution in [3.63, 3.8) is 0 Å². The summed E-state index contributed by atoms with van der Waals surface area (Å²) < 4.78 is 17.4. The zero-order valence-corrected chi connectivity index (χ0v) is 19.7. The van der Waals surface area contributed by atoms with E-state index < -0.39 is 5.97 Å². The van der Waals surface area contributed by atoms with Gasteiger partial charge in [0.1, 0.15) is 30.3 Å². The third-order valence-electron chi connectivity index (χ3n) is 5.70. The lowest BCUT2D eigenvalue weighted by Crippen LogP contribution is -2.06. The molecule has 4 rings (SSSR count). The summed E-state index contributed by atoms with van der Waals surface area (Å²) in [4.78, 5) is 23.2. The van der Waals surface area contributed by atoms with Gasteiger partial charge in [0, 0.05) is 35.7 Å². The van der Waals surface area contributed by atoms with Crippen LogP contribution in [0.1, 0.15) is 39.7 Å². The van der Waals surface area contributed by atoms with Gasteiger partial charge in [-0.15, -0.1) is 0 Å². The second kappa shape index (κ2) is 10.5. The van der Waals surface area contributed by atoms with Crippen LogP contribution >= 0.6 is 0 Å². The highest BCUT2D eigenvalue weighted by atomic mass is 16.5. The van der Waals surface area contributed by atoms with Crippen LogP contribution in [0, 0.1) is 0 Å². The van der Waals surface area contributed by atoms with Gasteiger partial charge in [-0.25, -0.2) is 0 Å². The van der Waals surface area contributed by atoms with Crippen LogP contribution in [0.15, 0.2) is 65.1 Å². The first-order valence-corrected chi connectivity index (χ1v) is 11.2. The lowest BCUT2D eigenvalue weighted by molar-refractivity contribution is -0.136. The Labute approximate surface area is 203 Å². The third kappa shape index (κ3) is 5.59. The molecule has 3 aromatic carbocycles. The lowest BCUT2D eigenvalue weighted by atomic mass is 9.99. The van der Waals surface area contributed by atoms with Gasteiger partial charge in [0.25, 0.3) is 0 Å². The van der Waals surface area contributed by atoms with Gasteiger partial charge >= 0.3 is 5.97 Å². The first-order chi connectivity index (χ1) is 16.9. The van der Waals surface area contributed by atoms with Crippen molar-refractivity contribution >= 4 is 22.7 Å². The largest absolute Gasteiger partial charge is 0.489 e. The number of carboxylic acid groups (broad SMARTS) is 1. The molecule has 0 saturated carbocycles. The van der Waals surface area contributed by atoms with E-state index in [1.807, 2.05) is 42.5 Å². The van der Waals surface area contributed by atoms with Crippen molar-refractivity contribution in [1.29, 1.82) is 0 Å². The highest BCUT2D eigenvalue weighted by Crippen LogP contribution is 2.34. The van der Waals surface area contributed by atoms with E-state index in [9.17, 15) is 14.7 Å². The van der Waals surface area contributed by atoms with E-state index in [1.54, 1.807) is 25.3 Å². The number of carboxylic acids is 1. The van der Waals surface area contributed by atoms with Gasteiger partial charge in [-0.05, 0) is 53.9 Å². The van der Waals surface area contributed by atoms with Crippen molar-refractivity contribution in [3.05, 3.63) is 88.7 Å². The highest BCUT2D eigenvalue weighted by molar-refractivity contribution is 5.95. The predicted octanol–water partition coefficient (Wildman–Crippen LogP) is 5.11. The van der Waals surface area contributed by atoms with Crippen LogP contribution in [0.25, 0.3) is 22.1 Å². The maximum absolute atomic E-state index is 11.9. The number of rotatable bonds is 10. The summed E-state index contributed by atoms with van der Waals surface area (Å²) >= 11 is 0. The predicted molar refractivity (Wildman–Crippen MR) is 132 cm³/mol. The van der Waals surface area contributed by atoms with Gasteiger partial charge in [-0.1, -0.05) is 30.3 Å². The van der Waals surface area contributed by atoms with E-state index in [0.29, 0.717) is 35.8 Å². The Balaban J connectivity index is 1.74. The Morgan fingerprint density at radius 2 is 1.83 bits per heavy atom. The van der Waals surface area contributed by atoms with Gasteiger partial charge < -0.3 is 24.7 Å². The standard InChI is InChI=1S/C28H27NO6/c1-17(30)20-6-7-22(13-27(31)32)26(12-20)34-15-19-9-23-11-24(16-33-2)35-28(23)25(10-19)21-5-3-4-18(8-21)14-29/h3-12H,13-16,29H2,1-2H3,(H,31,32). The van der Waals surface area contributed by atoms with Crippen molar-refractivity contribution in [1.82, 2.24) is 0 Å². The Hall–Kier alpha value is -3.94. The number of carbonyl (C=O) groups excluding carboxylic acids is 1. The number of ketones is 1. The Kier molecular flexibility index (Phi) is 7.29. The van der Waals surface area contributed by atoms with E-state index in [-0.39, 0.29) is 18.8 Å². The molecule has 0 spiro atoms. The molecule has 4 aromatic rings. The van der Waals surface area contributed by atoms with Crippen molar-refractivity contribution in [3.8, 4) is 16.9 Å². The maximum atomic E-state index is 11.9. The number of furan rings is 1. The zero-order chi connectivity index (χ0) is 24.9. The third-order valence-corrected chi connectivity index (χ3v) is 5.70. The minimum atomic E-state index is -0.974. The molecule has 7 nitrogen and oxygen atoms in total. The van der Waals surface area contributed by atoms with Crippen LogP contribution in [0.5, 0.6) is 5.75 Å². The molecule has 0 aliphatic rings. The Morgan fingerprint density at radius 1 is 1.00 bits per heavy atom. The number of nitrogens with two attached hydrogens (primary N) is 1. The van der Waals surface area contributed by atoms with Gasteiger partial charge in [0.05, 0.1) is 6.42 Å². The van der Waals surface area contributed by atoms with E-state index in [0.717, 1.165) is 33.2 Å². The molecule has 0 aliphatic heterocycles. The number of fused-ring (bicyclic) bond motifs is 1. The van der Waals surface area contributed by atoms with Crippen molar-refractivity contribution in [2.45, 2.75) is 33.1 Å². The fraction of sp³-hybridized carbons (Fsp3) is 0.214. The lowest BCUT2D eigenvalue weighted by Gasteiger charge is -2.13. The zero-order valence-electron chi connectivity index (χ0n) is 19.7. The Bertz CT molecular complexity index is 1390. The van der Waals surface area contributed by atoms with E-state index >= 15 is 0 Å². The van der Waals surface area contributed by atoms with Crippen molar-refractivity contribution < 1.29 is 28.6 Å². The SMILES string of the molecule is COCc1cc2cc(COc3cc(C(C)=O)ccc3CC(=O)O)cc(-c3cccc(CN)c3)c2o1. The summed E-state index contributed by atoms with van der Waals surface area (Å²) in [5, 5.41) is 10.2. The maximum Gasteiger partial charge on any atom is 0.307 e. The number of aliphatic carboxylic acids is 1. The van der Waals surface area contributed by atoms with Crippen LogP contribution in [0.3, 0.4) is 0 Å². The molecule has 35 heavy (non-hydrogen) atoms. The molecule has 1 aromatic heterocycles. The quantitative estimate of drug-likeness (QED) is 0.308. The molecule has 0 unspecified atom stereocenters. The molecule has 180 valence electrons. The summed E-state index contributed by atoms with van der Waals surface area (Å²) in [5.74, 6) is -0.0175. The summed E-state index contributed by atoms with van der Waals surface area (Å²) in [6.07, 6.45) is -0.203. The molecule has 0 amide bonds. The molecule has 0 radical (unpaired) electrons. The summed E-state index contributed by atoms with van der Waals surface area (Å²) in [5.41, 5.74) is 11.3. The minimum Gasteiger partial charge on any atom is -0.489 e. The molecular formula is C28H27NO6. The van der Waals surface area contributed by atoms with Crippen LogP contribution in [0.4, 0.5) is 0 Å². The molecule has 0 aliphatic carbocycles. The number of ether oxygens (including phenoxy) is 2. The highest BCUT2D eigenvalue weighted by Gasteiger charge is 2.15. The molecule has 7 heteroatoms. The fourth-order valence-electron chi connectivity index (χ4n) is 4.02. The normalized spacial score (nSPS) is 11.1. The summed E-state index contributed by atoms with van der Waals surface area (Å²) in [7, 11) is 1.61. The molecular weight excluding hydrogens is 446 g/mol. The van der Waals surface area contributed by atoms with Crippen LogP contribution in [-0.2, 0) is 35.7 Å². The second-order valence-electron chi connectivity index (χ2n) is 8.35. The molecule has 3 N–H and O–H groups in total. The smallest absolute Gasteiger partial charge is 0.307 e. The summed E-state index contributed by atoms with van der Waals surface area (Å²) in [6.45, 7) is 2.41. The summed E-state index contributed by atoms with van der Waals surface area (Å²) in [6, 6.07) is 18.7. The Morgan fingerprint density at radius 3 is 2.54 bits per heavy atom. The number of carbonyl (C=O) groups is 2. The van der Waals surface area contributed by atoms with Crippen molar-refractivity contribution in [2.24, 2.45) is 5.73 Å². The van der Waals surface area contributed by atoms with Crippen LogP contribution in [-0.4, -0.2) is 24.0 Å². The molecule has 0 bridgehead atoms. The number of hydrogen-bond donors (Lipinski definition) is 2. The van der Waals surface area contributed by atoms with Gasteiger partial charge in [0.2, 0.25) is 0 Å². The van der Waals surface area contributed by atoms with E-state index in [2.05, 4.69) is 0 Å². The monoisotopic (exact) mass is 473 g/mol. The van der Waals surface area contributed by atoms with Crippen molar-refractivity contribution in [2.75, 3.05) is 7.11 Å². The van der Waals surface area contributed by atoms with Crippen LogP contribution < -0.4 is 10.5 Å². The first-order valence-electron chi connectivity index (χ1n) is 11.2. The fourth-order valence-corrected chi connectivity index (χ4v) is 4.02. The van der Waals surface area contributed by atoms with Gasteiger partial charge in [-0.2, -0.15) is 0 Å². The van der Waals surface area contributed by atoms with Gasteiger partial charge in [0.15, 0.2) is 5.78 Å².